The lowest BCUT2D eigenvalue weighted by atomic mass is 10.1. The van der Waals surface area contributed by atoms with Gasteiger partial charge in [-0.25, -0.2) is 4.68 Å². The number of carbonyl (C=O) groups excluding carboxylic acids is 1. The fourth-order valence-electron chi connectivity index (χ4n) is 2.73. The van der Waals surface area contributed by atoms with Gasteiger partial charge in [0, 0.05) is 21.0 Å². The van der Waals surface area contributed by atoms with Crippen molar-refractivity contribution in [1.29, 1.82) is 0 Å². The second-order valence-corrected chi connectivity index (χ2v) is 7.16. The number of anilines is 1. The van der Waals surface area contributed by atoms with Crippen LogP contribution in [0, 0.1) is 0 Å². The Balaban J connectivity index is 1.46. The minimum absolute atomic E-state index is 0.0991. The van der Waals surface area contributed by atoms with Gasteiger partial charge in [0.05, 0.1) is 11.4 Å². The Labute approximate surface area is 164 Å². The van der Waals surface area contributed by atoms with E-state index in [1.165, 1.54) is 22.8 Å². The number of halogens is 1. The summed E-state index contributed by atoms with van der Waals surface area (Å²) in [4.78, 5) is 13.4. The summed E-state index contributed by atoms with van der Waals surface area (Å²) in [6.45, 7) is 0. The maximum Gasteiger partial charge on any atom is 0.234 e. The summed E-state index contributed by atoms with van der Waals surface area (Å²) in [7, 11) is 0. The van der Waals surface area contributed by atoms with Crippen LogP contribution in [-0.4, -0.2) is 31.9 Å². The Hall–Kier alpha value is -2.90. The number of hydrogen-bond acceptors (Lipinski definition) is 5. The Morgan fingerprint density at radius 3 is 2.74 bits per heavy atom. The van der Waals surface area contributed by atoms with Crippen molar-refractivity contribution in [1.82, 2.24) is 20.2 Å². The second kappa shape index (κ2) is 7.77. The molecule has 0 aliphatic rings. The quantitative estimate of drug-likeness (QED) is 0.513. The number of nitrogens with one attached hydrogen (secondary N) is 1. The molecule has 1 N–H and O–H groups in total. The summed E-state index contributed by atoms with van der Waals surface area (Å²) in [5, 5.41) is 16.7. The molecule has 0 saturated heterocycles. The van der Waals surface area contributed by atoms with Gasteiger partial charge in [0.25, 0.3) is 0 Å². The molecular weight excluding hydrogens is 382 g/mol. The summed E-state index contributed by atoms with van der Waals surface area (Å²) in [6.07, 6.45) is 1.50. The minimum Gasteiger partial charge on any atom is -0.325 e. The SMILES string of the molecule is O=C(CSc1cccc2cccc(Cl)c12)Nc1cccc(-n2cnnn2)c1. The van der Waals surface area contributed by atoms with Crippen LogP contribution in [0.1, 0.15) is 0 Å². The third-order valence-electron chi connectivity index (χ3n) is 3.92. The maximum atomic E-state index is 12.4. The zero-order chi connectivity index (χ0) is 18.6. The Bertz CT molecular complexity index is 1100. The molecule has 1 aromatic heterocycles. The van der Waals surface area contributed by atoms with Crippen molar-refractivity contribution in [3.05, 3.63) is 72.0 Å². The number of nitrogens with zero attached hydrogens (tertiary/aromatic N) is 4. The molecule has 0 aliphatic heterocycles. The van der Waals surface area contributed by atoms with E-state index in [1.54, 1.807) is 0 Å². The highest BCUT2D eigenvalue weighted by Crippen LogP contribution is 2.33. The maximum absolute atomic E-state index is 12.4. The Morgan fingerprint density at radius 1 is 1.11 bits per heavy atom. The van der Waals surface area contributed by atoms with E-state index in [4.69, 9.17) is 11.6 Å². The minimum atomic E-state index is -0.0991. The first-order valence-electron chi connectivity index (χ1n) is 8.14. The lowest BCUT2D eigenvalue weighted by molar-refractivity contribution is -0.113. The molecular formula is C19H14ClN5OS. The molecule has 1 heterocycles. The fourth-order valence-corrected chi connectivity index (χ4v) is 3.97. The van der Waals surface area contributed by atoms with Crippen LogP contribution in [0.15, 0.2) is 71.9 Å². The van der Waals surface area contributed by atoms with Gasteiger partial charge < -0.3 is 5.32 Å². The number of fused-ring (bicyclic) bond motifs is 1. The van der Waals surface area contributed by atoms with Gasteiger partial charge in [-0.2, -0.15) is 0 Å². The molecule has 0 unspecified atom stereocenters. The van der Waals surface area contributed by atoms with Crippen LogP contribution in [0.5, 0.6) is 0 Å². The van der Waals surface area contributed by atoms with E-state index in [0.717, 1.165) is 21.4 Å². The molecule has 27 heavy (non-hydrogen) atoms. The third kappa shape index (κ3) is 3.94. The van der Waals surface area contributed by atoms with E-state index in [1.807, 2.05) is 60.7 Å². The van der Waals surface area contributed by atoms with Crippen LogP contribution in [-0.2, 0) is 4.79 Å². The first-order valence-corrected chi connectivity index (χ1v) is 9.50. The number of aromatic nitrogens is 4. The molecule has 0 spiro atoms. The number of thioether (sulfide) groups is 1. The Morgan fingerprint density at radius 2 is 1.93 bits per heavy atom. The van der Waals surface area contributed by atoms with Crippen LogP contribution in [0.2, 0.25) is 5.02 Å². The summed E-state index contributed by atoms with van der Waals surface area (Å²) < 4.78 is 1.53. The van der Waals surface area contributed by atoms with Gasteiger partial charge >= 0.3 is 0 Å². The molecule has 134 valence electrons. The number of tetrazole rings is 1. The van der Waals surface area contributed by atoms with E-state index in [2.05, 4.69) is 20.8 Å². The highest BCUT2D eigenvalue weighted by molar-refractivity contribution is 8.00. The molecule has 0 aliphatic carbocycles. The topological polar surface area (TPSA) is 72.7 Å². The number of carbonyl (C=O) groups is 1. The average molecular weight is 396 g/mol. The van der Waals surface area contributed by atoms with Crippen molar-refractivity contribution < 1.29 is 4.79 Å². The van der Waals surface area contributed by atoms with E-state index >= 15 is 0 Å². The summed E-state index contributed by atoms with van der Waals surface area (Å²) >= 11 is 7.80. The molecule has 8 heteroatoms. The third-order valence-corrected chi connectivity index (χ3v) is 5.29. The fraction of sp³-hybridized carbons (Fsp3) is 0.0526. The lowest BCUT2D eigenvalue weighted by Gasteiger charge is -2.09. The average Bonchev–Trinajstić information content (AvgIpc) is 3.22. The lowest BCUT2D eigenvalue weighted by Crippen LogP contribution is -2.14. The highest BCUT2D eigenvalue weighted by atomic mass is 35.5. The van der Waals surface area contributed by atoms with E-state index in [-0.39, 0.29) is 11.7 Å². The van der Waals surface area contributed by atoms with Crippen molar-refractivity contribution >= 4 is 45.7 Å². The predicted octanol–water partition coefficient (Wildman–Crippen LogP) is 4.20. The molecule has 0 saturated carbocycles. The van der Waals surface area contributed by atoms with Crippen LogP contribution < -0.4 is 5.32 Å². The van der Waals surface area contributed by atoms with Crippen molar-refractivity contribution in [2.75, 3.05) is 11.1 Å². The van der Waals surface area contributed by atoms with Crippen LogP contribution in [0.3, 0.4) is 0 Å². The van der Waals surface area contributed by atoms with Gasteiger partial charge in [0.1, 0.15) is 6.33 Å². The summed E-state index contributed by atoms with van der Waals surface area (Å²) in [5.41, 5.74) is 1.45. The molecule has 3 aromatic carbocycles. The Kier molecular flexibility index (Phi) is 5.04. The van der Waals surface area contributed by atoms with E-state index in [9.17, 15) is 4.79 Å². The molecule has 0 bridgehead atoms. The molecule has 4 rings (SSSR count). The van der Waals surface area contributed by atoms with E-state index < -0.39 is 0 Å². The van der Waals surface area contributed by atoms with Crippen LogP contribution in [0.25, 0.3) is 16.5 Å². The molecule has 6 nitrogen and oxygen atoms in total. The standard InChI is InChI=1S/C19H14ClN5OS/c20-16-8-1-4-13-5-2-9-17(19(13)16)27-11-18(26)22-14-6-3-7-15(10-14)25-12-21-23-24-25/h1-10,12H,11H2,(H,22,26). The first-order chi connectivity index (χ1) is 13.2. The van der Waals surface area contributed by atoms with Crippen LogP contribution >= 0.6 is 23.4 Å². The highest BCUT2D eigenvalue weighted by Gasteiger charge is 2.09. The second-order valence-electron chi connectivity index (χ2n) is 5.74. The van der Waals surface area contributed by atoms with Crippen molar-refractivity contribution in [3.8, 4) is 5.69 Å². The zero-order valence-corrected chi connectivity index (χ0v) is 15.6. The van der Waals surface area contributed by atoms with Gasteiger partial charge in [-0.05, 0) is 46.1 Å². The van der Waals surface area contributed by atoms with Crippen molar-refractivity contribution in [2.45, 2.75) is 4.90 Å². The molecule has 1 amide bonds. The van der Waals surface area contributed by atoms with Gasteiger partial charge in [0.2, 0.25) is 5.91 Å². The van der Waals surface area contributed by atoms with Gasteiger partial charge in [-0.15, -0.1) is 16.9 Å². The summed E-state index contributed by atoms with van der Waals surface area (Å²) in [5.74, 6) is 0.178. The summed E-state index contributed by atoms with van der Waals surface area (Å²) in [6, 6.07) is 19.1. The molecule has 0 atom stereocenters. The van der Waals surface area contributed by atoms with E-state index in [0.29, 0.717) is 10.7 Å². The normalized spacial score (nSPS) is 10.9. The van der Waals surface area contributed by atoms with Crippen molar-refractivity contribution in [2.24, 2.45) is 0 Å². The zero-order valence-electron chi connectivity index (χ0n) is 14.0. The number of rotatable bonds is 5. The smallest absolute Gasteiger partial charge is 0.234 e. The molecule has 0 fully saturated rings. The number of hydrogen-bond donors (Lipinski definition) is 1. The van der Waals surface area contributed by atoms with Gasteiger partial charge in [-0.1, -0.05) is 41.9 Å². The van der Waals surface area contributed by atoms with Gasteiger partial charge in [0.15, 0.2) is 0 Å². The van der Waals surface area contributed by atoms with Crippen molar-refractivity contribution in [3.63, 3.8) is 0 Å². The largest absolute Gasteiger partial charge is 0.325 e. The first kappa shape index (κ1) is 17.5. The monoisotopic (exact) mass is 395 g/mol. The predicted molar refractivity (Wildman–Crippen MR) is 107 cm³/mol. The number of amides is 1. The van der Waals surface area contributed by atoms with Gasteiger partial charge in [-0.3, -0.25) is 4.79 Å². The van der Waals surface area contributed by atoms with Crippen LogP contribution in [0.4, 0.5) is 5.69 Å². The molecule has 4 aromatic rings. The number of benzene rings is 3. The molecule has 0 radical (unpaired) electrons.